The fourth-order valence-corrected chi connectivity index (χ4v) is 3.89. The Hall–Kier alpha value is -2.08. The Labute approximate surface area is 155 Å². The zero-order chi connectivity index (χ0) is 18.4. The SMILES string of the molecule is O=C(NC[C@H]1CCCC[C@@H]1O)NC1CCCN(Cc2ccccc2)C1=O. The van der Waals surface area contributed by atoms with E-state index in [0.717, 1.165) is 44.2 Å². The molecule has 1 aliphatic carbocycles. The summed E-state index contributed by atoms with van der Waals surface area (Å²) in [6.45, 7) is 1.76. The van der Waals surface area contributed by atoms with Crippen LogP contribution < -0.4 is 10.6 Å². The van der Waals surface area contributed by atoms with Gasteiger partial charge in [0.15, 0.2) is 0 Å². The number of aliphatic hydroxyl groups excluding tert-OH is 1. The summed E-state index contributed by atoms with van der Waals surface area (Å²) in [7, 11) is 0. The van der Waals surface area contributed by atoms with Gasteiger partial charge in [-0.25, -0.2) is 4.79 Å². The van der Waals surface area contributed by atoms with Crippen LogP contribution in [-0.2, 0) is 11.3 Å². The monoisotopic (exact) mass is 359 g/mol. The molecule has 3 atom stereocenters. The number of amides is 3. The number of rotatable bonds is 5. The number of likely N-dealkylation sites (tertiary alicyclic amines) is 1. The lowest BCUT2D eigenvalue weighted by molar-refractivity contribution is -0.136. The topological polar surface area (TPSA) is 81.7 Å². The summed E-state index contributed by atoms with van der Waals surface area (Å²) in [5.41, 5.74) is 1.09. The smallest absolute Gasteiger partial charge is 0.315 e. The molecule has 1 heterocycles. The molecule has 26 heavy (non-hydrogen) atoms. The summed E-state index contributed by atoms with van der Waals surface area (Å²) >= 11 is 0. The Bertz CT molecular complexity index is 608. The Kier molecular flexibility index (Phi) is 6.50. The minimum Gasteiger partial charge on any atom is -0.393 e. The van der Waals surface area contributed by atoms with Crippen LogP contribution in [0.3, 0.4) is 0 Å². The van der Waals surface area contributed by atoms with E-state index in [4.69, 9.17) is 0 Å². The maximum atomic E-state index is 12.7. The second-order valence-corrected chi connectivity index (χ2v) is 7.41. The number of hydrogen-bond donors (Lipinski definition) is 3. The van der Waals surface area contributed by atoms with Crippen LogP contribution in [0.4, 0.5) is 4.79 Å². The van der Waals surface area contributed by atoms with Crippen molar-refractivity contribution in [3.8, 4) is 0 Å². The summed E-state index contributed by atoms with van der Waals surface area (Å²) in [5, 5.41) is 15.6. The molecule has 1 aliphatic heterocycles. The van der Waals surface area contributed by atoms with Crippen molar-refractivity contribution in [3.63, 3.8) is 0 Å². The number of urea groups is 1. The third-order valence-electron chi connectivity index (χ3n) is 5.45. The van der Waals surface area contributed by atoms with Crippen molar-refractivity contribution in [2.45, 2.75) is 57.2 Å². The molecular weight excluding hydrogens is 330 g/mol. The molecule has 1 aromatic rings. The van der Waals surface area contributed by atoms with Crippen LogP contribution in [0, 0.1) is 5.92 Å². The van der Waals surface area contributed by atoms with Crippen LogP contribution >= 0.6 is 0 Å². The maximum Gasteiger partial charge on any atom is 0.315 e. The molecule has 0 aromatic heterocycles. The standard InChI is InChI=1S/C20H29N3O3/c24-18-11-5-4-9-16(18)13-21-20(26)22-17-10-6-12-23(19(17)25)14-15-7-2-1-3-8-15/h1-3,7-8,16-18,24H,4-6,9-14H2,(H2,21,22,26)/t16-,17?,18+/m1/s1. The number of nitrogens with one attached hydrogen (secondary N) is 2. The van der Waals surface area contributed by atoms with Crippen molar-refractivity contribution in [3.05, 3.63) is 35.9 Å². The maximum absolute atomic E-state index is 12.7. The van der Waals surface area contributed by atoms with E-state index >= 15 is 0 Å². The van der Waals surface area contributed by atoms with Crippen LogP contribution in [-0.4, -0.2) is 47.2 Å². The van der Waals surface area contributed by atoms with E-state index in [1.165, 1.54) is 0 Å². The minimum atomic E-state index is -0.469. The normalized spacial score (nSPS) is 26.4. The average Bonchev–Trinajstić information content (AvgIpc) is 2.65. The molecule has 3 rings (SSSR count). The van der Waals surface area contributed by atoms with E-state index < -0.39 is 6.04 Å². The number of benzene rings is 1. The van der Waals surface area contributed by atoms with Crippen LogP contribution in [0.5, 0.6) is 0 Å². The second kappa shape index (κ2) is 9.03. The van der Waals surface area contributed by atoms with E-state index in [0.29, 0.717) is 19.5 Å². The number of piperidine rings is 1. The molecule has 0 bridgehead atoms. The van der Waals surface area contributed by atoms with Gasteiger partial charge in [-0.05, 0) is 31.2 Å². The number of hydrogen-bond acceptors (Lipinski definition) is 3. The average molecular weight is 359 g/mol. The molecule has 1 saturated carbocycles. The molecule has 0 radical (unpaired) electrons. The summed E-state index contributed by atoms with van der Waals surface area (Å²) < 4.78 is 0. The Morgan fingerprint density at radius 2 is 1.88 bits per heavy atom. The van der Waals surface area contributed by atoms with Crippen molar-refractivity contribution in [2.75, 3.05) is 13.1 Å². The van der Waals surface area contributed by atoms with Gasteiger partial charge in [-0.1, -0.05) is 43.2 Å². The highest BCUT2D eigenvalue weighted by Crippen LogP contribution is 2.23. The summed E-state index contributed by atoms with van der Waals surface area (Å²) in [6, 6.07) is 9.11. The number of aliphatic hydroxyl groups is 1. The quantitative estimate of drug-likeness (QED) is 0.752. The summed E-state index contributed by atoms with van der Waals surface area (Å²) in [5.74, 6) is 0.0964. The van der Waals surface area contributed by atoms with E-state index in [9.17, 15) is 14.7 Å². The lowest BCUT2D eigenvalue weighted by Gasteiger charge is -2.33. The molecule has 2 aliphatic rings. The van der Waals surface area contributed by atoms with Gasteiger partial charge in [-0.15, -0.1) is 0 Å². The van der Waals surface area contributed by atoms with Crippen LogP contribution in [0.25, 0.3) is 0 Å². The first-order chi connectivity index (χ1) is 12.6. The number of carbonyl (C=O) groups excluding carboxylic acids is 2. The first-order valence-corrected chi connectivity index (χ1v) is 9.68. The third kappa shape index (κ3) is 4.97. The highest BCUT2D eigenvalue weighted by Gasteiger charge is 2.30. The van der Waals surface area contributed by atoms with Gasteiger partial charge < -0.3 is 20.6 Å². The van der Waals surface area contributed by atoms with Gasteiger partial charge in [0.1, 0.15) is 6.04 Å². The third-order valence-corrected chi connectivity index (χ3v) is 5.45. The molecule has 142 valence electrons. The number of nitrogens with zero attached hydrogens (tertiary/aromatic N) is 1. The highest BCUT2D eigenvalue weighted by molar-refractivity contribution is 5.87. The fraction of sp³-hybridized carbons (Fsp3) is 0.600. The van der Waals surface area contributed by atoms with Gasteiger partial charge in [0.05, 0.1) is 6.10 Å². The van der Waals surface area contributed by atoms with Gasteiger partial charge in [0, 0.05) is 25.6 Å². The van der Waals surface area contributed by atoms with E-state index in [1.54, 1.807) is 0 Å². The summed E-state index contributed by atoms with van der Waals surface area (Å²) in [4.78, 5) is 26.7. The Morgan fingerprint density at radius 3 is 2.65 bits per heavy atom. The largest absolute Gasteiger partial charge is 0.393 e. The van der Waals surface area contributed by atoms with Crippen molar-refractivity contribution >= 4 is 11.9 Å². The molecule has 6 nitrogen and oxygen atoms in total. The van der Waals surface area contributed by atoms with Gasteiger partial charge in [-0.3, -0.25) is 4.79 Å². The molecule has 0 spiro atoms. The molecule has 1 saturated heterocycles. The molecule has 6 heteroatoms. The molecule has 2 fully saturated rings. The van der Waals surface area contributed by atoms with E-state index in [1.807, 2.05) is 35.2 Å². The van der Waals surface area contributed by atoms with Crippen molar-refractivity contribution in [1.82, 2.24) is 15.5 Å². The van der Waals surface area contributed by atoms with Gasteiger partial charge >= 0.3 is 6.03 Å². The zero-order valence-corrected chi connectivity index (χ0v) is 15.2. The van der Waals surface area contributed by atoms with Crippen molar-refractivity contribution in [1.29, 1.82) is 0 Å². The molecule has 1 unspecified atom stereocenters. The first kappa shape index (κ1) is 18.7. The van der Waals surface area contributed by atoms with Crippen LogP contribution in [0.1, 0.15) is 44.1 Å². The molecule has 3 amide bonds. The van der Waals surface area contributed by atoms with Crippen LogP contribution in [0.15, 0.2) is 30.3 Å². The van der Waals surface area contributed by atoms with Crippen molar-refractivity contribution in [2.24, 2.45) is 5.92 Å². The van der Waals surface area contributed by atoms with Gasteiger partial charge in [0.2, 0.25) is 5.91 Å². The number of carbonyl (C=O) groups is 2. The van der Waals surface area contributed by atoms with Crippen molar-refractivity contribution < 1.29 is 14.7 Å². The molecule has 3 N–H and O–H groups in total. The Morgan fingerprint density at radius 1 is 1.12 bits per heavy atom. The summed E-state index contributed by atoms with van der Waals surface area (Å²) in [6.07, 6.45) is 5.12. The zero-order valence-electron chi connectivity index (χ0n) is 15.2. The van der Waals surface area contributed by atoms with Gasteiger partial charge in [0.25, 0.3) is 0 Å². The van der Waals surface area contributed by atoms with E-state index in [-0.39, 0.29) is 24.0 Å². The molecule has 1 aromatic carbocycles. The predicted molar refractivity (Wildman–Crippen MR) is 99.4 cm³/mol. The van der Waals surface area contributed by atoms with Gasteiger partial charge in [-0.2, -0.15) is 0 Å². The lowest BCUT2D eigenvalue weighted by Crippen LogP contribution is -2.54. The highest BCUT2D eigenvalue weighted by atomic mass is 16.3. The minimum absolute atomic E-state index is 0.0204. The van der Waals surface area contributed by atoms with E-state index in [2.05, 4.69) is 10.6 Å². The predicted octanol–water partition coefficient (Wildman–Crippen LogP) is 2.03. The molecular formula is C20H29N3O3. The second-order valence-electron chi connectivity index (χ2n) is 7.41. The Balaban J connectivity index is 1.47. The van der Waals surface area contributed by atoms with Crippen LogP contribution in [0.2, 0.25) is 0 Å². The fourth-order valence-electron chi connectivity index (χ4n) is 3.89. The first-order valence-electron chi connectivity index (χ1n) is 9.68. The lowest BCUT2D eigenvalue weighted by atomic mass is 9.86.